The number of fused-ring (bicyclic) bond motifs is 1. The van der Waals surface area contributed by atoms with Gasteiger partial charge in [-0.05, 0) is 62.8 Å². The first-order chi connectivity index (χ1) is 13.0. The molecule has 0 aliphatic carbocycles. The molecule has 0 radical (unpaired) electrons. The van der Waals surface area contributed by atoms with Gasteiger partial charge in [0.2, 0.25) is 0 Å². The smallest absolute Gasteiger partial charge is 0.133 e. The van der Waals surface area contributed by atoms with Crippen LogP contribution in [0, 0.1) is 13.8 Å². The highest BCUT2D eigenvalue weighted by molar-refractivity contribution is 5.72. The molecule has 0 spiro atoms. The summed E-state index contributed by atoms with van der Waals surface area (Å²) >= 11 is 0. The molecule has 0 amide bonds. The van der Waals surface area contributed by atoms with Crippen LogP contribution in [0.4, 0.5) is 5.82 Å². The summed E-state index contributed by atoms with van der Waals surface area (Å²) in [5.74, 6) is 1.63. The number of anilines is 1. The second-order valence-corrected chi connectivity index (χ2v) is 8.06. The normalized spacial score (nSPS) is 14.0. The molecule has 27 heavy (non-hydrogen) atoms. The first kappa shape index (κ1) is 17.8. The van der Waals surface area contributed by atoms with E-state index in [1.165, 1.54) is 52.2 Å². The van der Waals surface area contributed by atoms with E-state index >= 15 is 0 Å². The summed E-state index contributed by atoms with van der Waals surface area (Å²) in [6.45, 7) is 9.84. The number of nitrogens with one attached hydrogen (secondary N) is 1. The highest BCUT2D eigenvalue weighted by Gasteiger charge is 2.23. The zero-order valence-electron chi connectivity index (χ0n) is 16.8. The van der Waals surface area contributed by atoms with Crippen molar-refractivity contribution in [1.29, 1.82) is 0 Å². The number of hydrogen-bond acceptors (Lipinski definition) is 2. The Morgan fingerprint density at radius 3 is 2.48 bits per heavy atom. The average Bonchev–Trinajstić information content (AvgIpc) is 2.82. The van der Waals surface area contributed by atoms with Gasteiger partial charge < -0.3 is 5.32 Å². The van der Waals surface area contributed by atoms with Gasteiger partial charge in [-0.2, -0.15) is 5.10 Å². The molecule has 4 rings (SSSR count). The van der Waals surface area contributed by atoms with Gasteiger partial charge >= 0.3 is 0 Å². The molecule has 2 heterocycles. The van der Waals surface area contributed by atoms with Crippen molar-refractivity contribution in [3.8, 4) is 16.9 Å². The van der Waals surface area contributed by atoms with Gasteiger partial charge in [0.05, 0.1) is 11.4 Å². The molecular weight excluding hydrogens is 330 g/mol. The van der Waals surface area contributed by atoms with Crippen LogP contribution in [0.1, 0.15) is 54.9 Å². The van der Waals surface area contributed by atoms with Gasteiger partial charge in [0.25, 0.3) is 0 Å². The molecule has 0 saturated heterocycles. The summed E-state index contributed by atoms with van der Waals surface area (Å²) in [6.07, 6.45) is 3.48. The van der Waals surface area contributed by atoms with Crippen molar-refractivity contribution in [3.05, 3.63) is 64.7 Å². The minimum Gasteiger partial charge on any atom is -0.370 e. The Bertz CT molecular complexity index is 946. The van der Waals surface area contributed by atoms with E-state index in [-0.39, 0.29) is 0 Å². The van der Waals surface area contributed by atoms with Gasteiger partial charge in [-0.3, -0.25) is 0 Å². The lowest BCUT2D eigenvalue weighted by Gasteiger charge is -2.15. The minimum atomic E-state index is 0.455. The third-order valence-corrected chi connectivity index (χ3v) is 5.41. The van der Waals surface area contributed by atoms with E-state index in [2.05, 4.69) is 80.2 Å². The number of para-hydroxylation sites is 1. The third kappa shape index (κ3) is 3.39. The molecule has 0 atom stereocenters. The molecule has 1 N–H and O–H groups in total. The fraction of sp³-hybridized carbons (Fsp3) is 0.375. The predicted octanol–water partition coefficient (Wildman–Crippen LogP) is 6.03. The number of nitrogens with zero attached hydrogens (tertiary/aromatic N) is 2. The first-order valence-electron chi connectivity index (χ1n) is 10.1. The highest BCUT2D eigenvalue weighted by atomic mass is 15.3. The first-order valence-corrected chi connectivity index (χ1v) is 10.1. The molecule has 3 nitrogen and oxygen atoms in total. The van der Waals surface area contributed by atoms with E-state index in [0.29, 0.717) is 5.92 Å². The number of aryl methyl sites for hydroxylation is 2. The van der Waals surface area contributed by atoms with Crippen LogP contribution in [0.5, 0.6) is 0 Å². The van der Waals surface area contributed by atoms with Crippen molar-refractivity contribution in [2.75, 3.05) is 11.9 Å². The highest BCUT2D eigenvalue weighted by Crippen LogP contribution is 2.36. The van der Waals surface area contributed by atoms with Crippen LogP contribution in [-0.2, 0) is 6.42 Å². The maximum atomic E-state index is 5.15. The van der Waals surface area contributed by atoms with Gasteiger partial charge in [0, 0.05) is 17.7 Å². The summed E-state index contributed by atoms with van der Waals surface area (Å²) in [7, 11) is 0. The van der Waals surface area contributed by atoms with Crippen molar-refractivity contribution in [2.45, 2.75) is 52.9 Å². The number of benzene rings is 2. The standard InChI is InChI=1S/C24H29N3/c1-16(2)20-9-5-6-11-22(20)27-24-21(10-7-8-12-25-24)23(26-27)19-14-17(3)13-18(4)15-19/h5-6,9,11,13-16,25H,7-8,10,12H2,1-4H3. The van der Waals surface area contributed by atoms with Gasteiger partial charge in [0.1, 0.15) is 5.82 Å². The summed E-state index contributed by atoms with van der Waals surface area (Å²) in [4.78, 5) is 0. The molecular formula is C24H29N3. The lowest BCUT2D eigenvalue weighted by atomic mass is 10.00. The van der Waals surface area contributed by atoms with Gasteiger partial charge in [0.15, 0.2) is 0 Å². The van der Waals surface area contributed by atoms with Gasteiger partial charge in [-0.25, -0.2) is 4.68 Å². The summed E-state index contributed by atoms with van der Waals surface area (Å²) in [6, 6.07) is 15.4. The van der Waals surface area contributed by atoms with E-state index in [1.54, 1.807) is 0 Å². The average molecular weight is 360 g/mol. The fourth-order valence-corrected chi connectivity index (χ4v) is 4.19. The molecule has 1 aliphatic heterocycles. The van der Waals surface area contributed by atoms with E-state index in [0.717, 1.165) is 18.7 Å². The molecule has 140 valence electrons. The molecule has 1 aliphatic rings. The van der Waals surface area contributed by atoms with Gasteiger partial charge in [-0.1, -0.05) is 49.2 Å². The Hall–Kier alpha value is -2.55. The summed E-state index contributed by atoms with van der Waals surface area (Å²) in [5.41, 5.74) is 8.82. The summed E-state index contributed by atoms with van der Waals surface area (Å²) in [5, 5.41) is 8.83. The van der Waals surface area contributed by atoms with E-state index < -0.39 is 0 Å². The zero-order chi connectivity index (χ0) is 19.0. The Labute approximate surface area is 162 Å². The van der Waals surface area contributed by atoms with E-state index in [1.807, 2.05) is 0 Å². The number of hydrogen-bond donors (Lipinski definition) is 1. The van der Waals surface area contributed by atoms with Crippen LogP contribution < -0.4 is 5.32 Å². The maximum absolute atomic E-state index is 5.15. The minimum absolute atomic E-state index is 0.455. The fourth-order valence-electron chi connectivity index (χ4n) is 4.19. The quantitative estimate of drug-likeness (QED) is 0.619. The van der Waals surface area contributed by atoms with E-state index in [4.69, 9.17) is 5.10 Å². The second kappa shape index (κ2) is 7.22. The maximum Gasteiger partial charge on any atom is 0.133 e. The van der Waals surface area contributed by atoms with Crippen LogP contribution in [-0.4, -0.2) is 16.3 Å². The van der Waals surface area contributed by atoms with Crippen LogP contribution in [0.15, 0.2) is 42.5 Å². The molecule has 0 bridgehead atoms. The molecule has 3 aromatic rings. The summed E-state index contributed by atoms with van der Waals surface area (Å²) < 4.78 is 2.16. The van der Waals surface area contributed by atoms with Gasteiger partial charge in [-0.15, -0.1) is 0 Å². The topological polar surface area (TPSA) is 29.9 Å². The third-order valence-electron chi connectivity index (χ3n) is 5.41. The van der Waals surface area contributed by atoms with Crippen LogP contribution in [0.2, 0.25) is 0 Å². The Morgan fingerprint density at radius 1 is 1.00 bits per heavy atom. The number of aromatic nitrogens is 2. The van der Waals surface area contributed by atoms with Crippen LogP contribution in [0.3, 0.4) is 0 Å². The molecule has 0 unspecified atom stereocenters. The second-order valence-electron chi connectivity index (χ2n) is 8.06. The predicted molar refractivity (Wildman–Crippen MR) is 114 cm³/mol. The van der Waals surface area contributed by atoms with Crippen molar-refractivity contribution < 1.29 is 0 Å². The largest absolute Gasteiger partial charge is 0.370 e. The van der Waals surface area contributed by atoms with Crippen molar-refractivity contribution in [3.63, 3.8) is 0 Å². The van der Waals surface area contributed by atoms with Crippen molar-refractivity contribution in [1.82, 2.24) is 9.78 Å². The van der Waals surface area contributed by atoms with E-state index in [9.17, 15) is 0 Å². The van der Waals surface area contributed by atoms with Crippen LogP contribution in [0.25, 0.3) is 16.9 Å². The lowest BCUT2D eigenvalue weighted by molar-refractivity contribution is 0.776. The molecule has 1 aromatic heterocycles. The molecule has 0 fully saturated rings. The van der Waals surface area contributed by atoms with Crippen LogP contribution >= 0.6 is 0 Å². The SMILES string of the molecule is Cc1cc(C)cc(-c2nn(-c3ccccc3C(C)C)c3c2CCCCN3)c1. The monoisotopic (exact) mass is 359 g/mol. The number of rotatable bonds is 3. The zero-order valence-corrected chi connectivity index (χ0v) is 16.8. The molecule has 3 heteroatoms. The lowest BCUT2D eigenvalue weighted by Crippen LogP contribution is -2.09. The molecule has 2 aromatic carbocycles. The molecule has 0 saturated carbocycles. The van der Waals surface area contributed by atoms with Crippen molar-refractivity contribution >= 4 is 5.82 Å². The Morgan fingerprint density at radius 2 is 1.74 bits per heavy atom. The Kier molecular flexibility index (Phi) is 4.77. The van der Waals surface area contributed by atoms with Crippen molar-refractivity contribution in [2.24, 2.45) is 0 Å². The Balaban J connectivity index is 1.95.